The number of para-hydroxylation sites is 2. The summed E-state index contributed by atoms with van der Waals surface area (Å²) in [5, 5.41) is 2.78. The molecule has 0 saturated carbocycles. The molecule has 1 aromatic heterocycles. The van der Waals surface area contributed by atoms with Crippen LogP contribution in [0.1, 0.15) is 40.4 Å². The molecule has 1 amide bonds. The third-order valence-electron chi connectivity index (χ3n) is 4.91. The van der Waals surface area contributed by atoms with Crippen molar-refractivity contribution in [3.05, 3.63) is 74.4 Å². The second kappa shape index (κ2) is 13.1. The Kier molecular flexibility index (Phi) is 9.93. The van der Waals surface area contributed by atoms with Gasteiger partial charge in [-0.3, -0.25) is 9.59 Å². The lowest BCUT2D eigenvalue weighted by molar-refractivity contribution is -0.118. The van der Waals surface area contributed by atoms with Crippen molar-refractivity contribution in [1.82, 2.24) is 0 Å². The Balaban J connectivity index is 1.66. The third kappa shape index (κ3) is 7.44. The van der Waals surface area contributed by atoms with Gasteiger partial charge in [0.15, 0.2) is 23.9 Å². The van der Waals surface area contributed by atoms with E-state index in [1.54, 1.807) is 43.5 Å². The first-order valence-corrected chi connectivity index (χ1v) is 12.9. The number of hydrogen-bond acceptors (Lipinski definition) is 6. The molecule has 0 aliphatic rings. The molecule has 0 radical (unpaired) electrons. The summed E-state index contributed by atoms with van der Waals surface area (Å²) in [4.78, 5) is 26.9. The number of aryl methyl sites for hydroxylation is 1. The van der Waals surface area contributed by atoms with Crippen molar-refractivity contribution in [2.45, 2.75) is 26.7 Å². The number of carbonyl (C=O) groups excluding carboxylic acids is 2. The number of anilines is 1. The van der Waals surface area contributed by atoms with Gasteiger partial charge >= 0.3 is 0 Å². The van der Waals surface area contributed by atoms with Gasteiger partial charge in [0, 0.05) is 9.35 Å². The number of halogens is 1. The van der Waals surface area contributed by atoms with Gasteiger partial charge in [-0.05, 0) is 71.2 Å². The molecule has 2 aromatic carbocycles. The zero-order valence-electron chi connectivity index (χ0n) is 19.9. The zero-order valence-corrected chi connectivity index (χ0v) is 22.3. The first-order chi connectivity index (χ1) is 16.9. The summed E-state index contributed by atoms with van der Waals surface area (Å²) in [6, 6.07) is 14.4. The largest absolute Gasteiger partial charge is 0.495 e. The monoisotopic (exact) mass is 557 g/mol. The van der Waals surface area contributed by atoms with Crippen LogP contribution in [-0.2, 0) is 11.2 Å². The Labute approximate surface area is 218 Å². The lowest BCUT2D eigenvalue weighted by Crippen LogP contribution is -2.20. The van der Waals surface area contributed by atoms with Crippen LogP contribution in [0.5, 0.6) is 17.2 Å². The van der Waals surface area contributed by atoms with E-state index in [2.05, 4.69) is 28.2 Å². The quantitative estimate of drug-likeness (QED) is 0.196. The van der Waals surface area contributed by atoms with Crippen molar-refractivity contribution in [3.8, 4) is 17.2 Å². The van der Waals surface area contributed by atoms with Gasteiger partial charge < -0.3 is 19.5 Å². The molecule has 35 heavy (non-hydrogen) atoms. The van der Waals surface area contributed by atoms with Gasteiger partial charge in [0.25, 0.3) is 5.91 Å². The molecule has 1 heterocycles. The second-order valence-electron chi connectivity index (χ2n) is 7.51. The van der Waals surface area contributed by atoms with Crippen LogP contribution in [-0.4, -0.2) is 32.0 Å². The minimum absolute atomic E-state index is 0.0515. The SMILES string of the molecule is CCCc1sc(C(=O)/C=C/c2ccc(OCC(=O)Nc3ccccc3OC)c(OCC)c2)cc1Br. The minimum atomic E-state index is -0.323. The Hall–Kier alpha value is -3.10. The first-order valence-electron chi connectivity index (χ1n) is 11.3. The Morgan fingerprint density at radius 1 is 1.03 bits per heavy atom. The summed E-state index contributed by atoms with van der Waals surface area (Å²) in [6.07, 6.45) is 5.27. The van der Waals surface area contributed by atoms with Crippen LogP contribution in [0.25, 0.3) is 6.08 Å². The van der Waals surface area contributed by atoms with Crippen LogP contribution < -0.4 is 19.5 Å². The van der Waals surface area contributed by atoms with Gasteiger partial charge in [-0.1, -0.05) is 37.6 Å². The van der Waals surface area contributed by atoms with E-state index in [4.69, 9.17) is 14.2 Å². The van der Waals surface area contributed by atoms with Crippen molar-refractivity contribution in [2.24, 2.45) is 0 Å². The summed E-state index contributed by atoms with van der Waals surface area (Å²) in [5.74, 6) is 1.13. The van der Waals surface area contributed by atoms with Crippen LogP contribution in [0.4, 0.5) is 5.69 Å². The normalized spacial score (nSPS) is 10.9. The van der Waals surface area contributed by atoms with Crippen molar-refractivity contribution in [2.75, 3.05) is 25.6 Å². The minimum Gasteiger partial charge on any atom is -0.495 e. The molecular weight excluding hydrogens is 530 g/mol. The number of rotatable bonds is 12. The molecule has 0 bridgehead atoms. The molecule has 184 valence electrons. The highest BCUT2D eigenvalue weighted by molar-refractivity contribution is 9.10. The lowest BCUT2D eigenvalue weighted by atomic mass is 10.1. The average Bonchev–Trinajstić information content (AvgIpc) is 3.23. The molecule has 3 aromatic rings. The number of amides is 1. The molecule has 1 N–H and O–H groups in total. The summed E-state index contributed by atoms with van der Waals surface area (Å²) < 4.78 is 17.6. The second-order valence-corrected chi connectivity index (χ2v) is 9.50. The third-order valence-corrected chi connectivity index (χ3v) is 7.09. The molecule has 0 saturated heterocycles. The molecule has 8 heteroatoms. The van der Waals surface area contributed by atoms with E-state index in [0.717, 1.165) is 22.9 Å². The van der Waals surface area contributed by atoms with E-state index < -0.39 is 0 Å². The highest BCUT2D eigenvalue weighted by Gasteiger charge is 2.13. The molecule has 0 aliphatic carbocycles. The van der Waals surface area contributed by atoms with E-state index >= 15 is 0 Å². The topological polar surface area (TPSA) is 73.9 Å². The van der Waals surface area contributed by atoms with Crippen LogP contribution in [0.15, 0.2) is 59.1 Å². The standard InChI is InChI=1S/C27H28BrNO5S/c1-4-8-25-19(28)16-26(35-25)21(30)13-11-18-12-14-23(24(15-18)33-5-2)34-17-27(31)29-20-9-6-7-10-22(20)32-3/h6-7,9-16H,4-5,8,17H2,1-3H3,(H,29,31)/b13-11+. The summed E-state index contributed by atoms with van der Waals surface area (Å²) in [5.41, 5.74) is 1.36. The number of methoxy groups -OCH3 is 1. The van der Waals surface area contributed by atoms with Gasteiger partial charge in [0.2, 0.25) is 0 Å². The van der Waals surface area contributed by atoms with E-state index in [1.807, 2.05) is 31.2 Å². The fraction of sp³-hybridized carbons (Fsp3) is 0.259. The number of thiophene rings is 1. The number of ketones is 1. The van der Waals surface area contributed by atoms with Crippen molar-refractivity contribution in [3.63, 3.8) is 0 Å². The van der Waals surface area contributed by atoms with Crippen LogP contribution in [0.3, 0.4) is 0 Å². The van der Waals surface area contributed by atoms with Crippen molar-refractivity contribution >= 4 is 50.7 Å². The molecule has 6 nitrogen and oxygen atoms in total. The van der Waals surface area contributed by atoms with Crippen LogP contribution >= 0.6 is 27.3 Å². The fourth-order valence-corrected chi connectivity index (χ4v) is 5.17. The maximum atomic E-state index is 12.6. The molecular formula is C27H28BrNO5S. The Morgan fingerprint density at radius 2 is 1.83 bits per heavy atom. The van der Waals surface area contributed by atoms with Gasteiger partial charge in [0.05, 0.1) is 24.3 Å². The van der Waals surface area contributed by atoms with Crippen molar-refractivity contribution in [1.29, 1.82) is 0 Å². The van der Waals surface area contributed by atoms with Crippen molar-refractivity contribution < 1.29 is 23.8 Å². The van der Waals surface area contributed by atoms with Gasteiger partial charge in [-0.25, -0.2) is 0 Å². The predicted octanol–water partition coefficient (Wildman–Crippen LogP) is 6.78. The number of carbonyl (C=O) groups is 2. The van der Waals surface area contributed by atoms with Crippen LogP contribution in [0.2, 0.25) is 0 Å². The summed E-state index contributed by atoms with van der Waals surface area (Å²) in [7, 11) is 1.54. The van der Waals surface area contributed by atoms with E-state index in [0.29, 0.717) is 34.4 Å². The number of ether oxygens (including phenoxy) is 3. The summed E-state index contributed by atoms with van der Waals surface area (Å²) >= 11 is 5.05. The van der Waals surface area contributed by atoms with Gasteiger partial charge in [0.1, 0.15) is 5.75 Å². The molecule has 3 rings (SSSR count). The maximum Gasteiger partial charge on any atom is 0.262 e. The predicted molar refractivity (Wildman–Crippen MR) is 144 cm³/mol. The Morgan fingerprint density at radius 3 is 2.57 bits per heavy atom. The van der Waals surface area contributed by atoms with E-state index in [9.17, 15) is 9.59 Å². The fourth-order valence-electron chi connectivity index (χ4n) is 3.27. The number of benzene rings is 2. The van der Waals surface area contributed by atoms with Gasteiger partial charge in [-0.2, -0.15) is 0 Å². The number of allylic oxidation sites excluding steroid dienone is 1. The molecule has 0 aliphatic heterocycles. The van der Waals surface area contributed by atoms with E-state index in [1.165, 1.54) is 16.2 Å². The highest BCUT2D eigenvalue weighted by atomic mass is 79.9. The zero-order chi connectivity index (χ0) is 25.2. The Bertz CT molecular complexity index is 1200. The smallest absolute Gasteiger partial charge is 0.262 e. The maximum absolute atomic E-state index is 12.6. The van der Waals surface area contributed by atoms with Crippen LogP contribution in [0, 0.1) is 0 Å². The number of nitrogens with one attached hydrogen (secondary N) is 1. The van der Waals surface area contributed by atoms with E-state index in [-0.39, 0.29) is 18.3 Å². The summed E-state index contributed by atoms with van der Waals surface area (Å²) in [6.45, 7) is 4.22. The average molecular weight is 558 g/mol. The number of hydrogen-bond donors (Lipinski definition) is 1. The highest BCUT2D eigenvalue weighted by Crippen LogP contribution is 2.31. The first kappa shape index (κ1) is 26.5. The van der Waals surface area contributed by atoms with Gasteiger partial charge in [-0.15, -0.1) is 11.3 Å². The molecule has 0 unspecified atom stereocenters. The molecule has 0 atom stereocenters. The molecule has 0 fully saturated rings. The lowest BCUT2D eigenvalue weighted by Gasteiger charge is -2.13. The molecule has 0 spiro atoms.